The van der Waals surface area contributed by atoms with E-state index in [-0.39, 0.29) is 11.7 Å². The third-order valence-corrected chi connectivity index (χ3v) is 5.40. The Kier molecular flexibility index (Phi) is 3.43. The number of carboxylic acids is 1. The predicted octanol–water partition coefficient (Wildman–Crippen LogP) is 1.79. The lowest BCUT2D eigenvalue weighted by Crippen LogP contribution is -2.37. The van der Waals surface area contributed by atoms with Crippen molar-refractivity contribution in [2.75, 3.05) is 18.1 Å². The molecular formula is C18H20N4O4. The molecule has 136 valence electrons. The summed E-state index contributed by atoms with van der Waals surface area (Å²) in [5.74, 6) is 0.202. The first kappa shape index (κ1) is 15.6. The molecule has 0 unspecified atom stereocenters. The molecule has 2 bridgehead atoms. The van der Waals surface area contributed by atoms with Gasteiger partial charge in [0.2, 0.25) is 5.88 Å². The van der Waals surface area contributed by atoms with E-state index in [1.807, 2.05) is 19.1 Å². The number of aromatic nitrogens is 3. The SMILES string of the molecule is C[C@@H]1CCn2nc(-c3ccc(N4C[C@@H]5C[C@H]4CO5)nc3)c(C(=O)O)c2O1. The first-order valence-corrected chi connectivity index (χ1v) is 8.95. The minimum atomic E-state index is -1.03. The number of aromatic carboxylic acids is 1. The Hall–Kier alpha value is -2.61. The molecule has 8 heteroatoms. The van der Waals surface area contributed by atoms with Gasteiger partial charge in [-0.1, -0.05) is 0 Å². The van der Waals surface area contributed by atoms with Crippen LogP contribution in [-0.4, -0.2) is 57.2 Å². The van der Waals surface area contributed by atoms with Crippen molar-refractivity contribution in [3.8, 4) is 17.1 Å². The van der Waals surface area contributed by atoms with Crippen molar-refractivity contribution in [2.45, 2.75) is 44.6 Å². The van der Waals surface area contributed by atoms with Gasteiger partial charge in [0.05, 0.1) is 24.9 Å². The summed E-state index contributed by atoms with van der Waals surface area (Å²) in [6.07, 6.45) is 3.85. The molecule has 0 aliphatic carbocycles. The van der Waals surface area contributed by atoms with E-state index in [4.69, 9.17) is 9.47 Å². The maximum atomic E-state index is 11.8. The van der Waals surface area contributed by atoms with Crippen molar-refractivity contribution in [2.24, 2.45) is 0 Å². The zero-order valence-electron chi connectivity index (χ0n) is 14.5. The number of nitrogens with zero attached hydrogens (tertiary/aromatic N) is 4. The number of morpholine rings is 1. The van der Waals surface area contributed by atoms with E-state index in [9.17, 15) is 9.90 Å². The molecule has 2 fully saturated rings. The van der Waals surface area contributed by atoms with Gasteiger partial charge in [0.15, 0.2) is 0 Å². The van der Waals surface area contributed by atoms with E-state index in [0.717, 1.165) is 31.8 Å². The molecule has 3 atom stereocenters. The van der Waals surface area contributed by atoms with Crippen molar-refractivity contribution >= 4 is 11.8 Å². The van der Waals surface area contributed by atoms with Gasteiger partial charge in [0, 0.05) is 31.3 Å². The molecule has 3 aliphatic heterocycles. The van der Waals surface area contributed by atoms with E-state index >= 15 is 0 Å². The summed E-state index contributed by atoms with van der Waals surface area (Å²) in [4.78, 5) is 18.6. The summed E-state index contributed by atoms with van der Waals surface area (Å²) in [5, 5.41) is 14.2. The van der Waals surface area contributed by atoms with Crippen LogP contribution >= 0.6 is 0 Å². The number of carbonyl (C=O) groups is 1. The third-order valence-electron chi connectivity index (χ3n) is 5.40. The predicted molar refractivity (Wildman–Crippen MR) is 92.6 cm³/mol. The normalized spacial score (nSPS) is 26.7. The number of carboxylic acid groups (broad SMARTS) is 1. The van der Waals surface area contributed by atoms with Gasteiger partial charge in [0.1, 0.15) is 17.1 Å². The van der Waals surface area contributed by atoms with E-state index < -0.39 is 5.97 Å². The van der Waals surface area contributed by atoms with Gasteiger partial charge in [0.25, 0.3) is 0 Å². The Balaban J connectivity index is 1.49. The van der Waals surface area contributed by atoms with Crippen molar-refractivity contribution in [3.05, 3.63) is 23.9 Å². The van der Waals surface area contributed by atoms with Crippen molar-refractivity contribution in [3.63, 3.8) is 0 Å². The molecule has 1 N–H and O–H groups in total. The Morgan fingerprint density at radius 1 is 1.38 bits per heavy atom. The quantitative estimate of drug-likeness (QED) is 0.897. The number of aryl methyl sites for hydroxylation is 1. The maximum Gasteiger partial charge on any atom is 0.343 e. The van der Waals surface area contributed by atoms with E-state index in [1.165, 1.54) is 0 Å². The lowest BCUT2D eigenvalue weighted by molar-refractivity contribution is 0.0684. The van der Waals surface area contributed by atoms with Gasteiger partial charge in [-0.2, -0.15) is 5.10 Å². The number of hydrogen-bond donors (Lipinski definition) is 1. The summed E-state index contributed by atoms with van der Waals surface area (Å²) in [6.45, 7) is 4.20. The average Bonchev–Trinajstić information content (AvgIpc) is 3.35. The largest absolute Gasteiger partial charge is 0.477 e. The van der Waals surface area contributed by atoms with E-state index in [0.29, 0.717) is 35.8 Å². The molecule has 2 saturated heterocycles. The summed E-state index contributed by atoms with van der Waals surface area (Å²) in [6, 6.07) is 4.21. The van der Waals surface area contributed by atoms with Crippen LogP contribution in [0.15, 0.2) is 18.3 Å². The summed E-state index contributed by atoms with van der Waals surface area (Å²) in [7, 11) is 0. The van der Waals surface area contributed by atoms with Gasteiger partial charge < -0.3 is 19.5 Å². The van der Waals surface area contributed by atoms with Gasteiger partial charge in [-0.15, -0.1) is 0 Å². The van der Waals surface area contributed by atoms with Crippen LogP contribution < -0.4 is 9.64 Å². The number of hydrogen-bond acceptors (Lipinski definition) is 6. The average molecular weight is 356 g/mol. The highest BCUT2D eigenvalue weighted by atomic mass is 16.5. The van der Waals surface area contributed by atoms with Crippen molar-refractivity contribution in [1.82, 2.24) is 14.8 Å². The topological polar surface area (TPSA) is 89.7 Å². The fraction of sp³-hybridized carbons (Fsp3) is 0.500. The molecule has 0 saturated carbocycles. The van der Waals surface area contributed by atoms with Crippen molar-refractivity contribution < 1.29 is 19.4 Å². The van der Waals surface area contributed by atoms with Crippen LogP contribution in [0.25, 0.3) is 11.3 Å². The number of rotatable bonds is 3. The summed E-state index contributed by atoms with van der Waals surface area (Å²) >= 11 is 0. The third kappa shape index (κ3) is 2.36. The van der Waals surface area contributed by atoms with Crippen LogP contribution in [0.3, 0.4) is 0 Å². The first-order valence-electron chi connectivity index (χ1n) is 8.95. The van der Waals surface area contributed by atoms with Crippen LogP contribution in [0.4, 0.5) is 5.82 Å². The zero-order valence-corrected chi connectivity index (χ0v) is 14.5. The van der Waals surface area contributed by atoms with Gasteiger partial charge in [-0.25, -0.2) is 14.5 Å². The van der Waals surface area contributed by atoms with Crippen LogP contribution in [0.2, 0.25) is 0 Å². The van der Waals surface area contributed by atoms with Crippen LogP contribution in [0, 0.1) is 0 Å². The zero-order chi connectivity index (χ0) is 17.8. The second-order valence-corrected chi connectivity index (χ2v) is 7.18. The Morgan fingerprint density at radius 3 is 2.92 bits per heavy atom. The monoisotopic (exact) mass is 356 g/mol. The molecule has 2 aromatic heterocycles. The van der Waals surface area contributed by atoms with Crippen LogP contribution in [0.1, 0.15) is 30.1 Å². The van der Waals surface area contributed by atoms with E-state index in [1.54, 1.807) is 10.9 Å². The summed E-state index contributed by atoms with van der Waals surface area (Å²) < 4.78 is 13.0. The fourth-order valence-electron chi connectivity index (χ4n) is 4.04. The number of anilines is 1. The molecule has 5 rings (SSSR count). The Bertz CT molecular complexity index is 863. The molecule has 26 heavy (non-hydrogen) atoms. The van der Waals surface area contributed by atoms with Crippen molar-refractivity contribution in [1.29, 1.82) is 0 Å². The molecule has 3 aliphatic rings. The molecule has 0 spiro atoms. The number of fused-ring (bicyclic) bond motifs is 3. The molecule has 0 aromatic carbocycles. The lowest BCUT2D eigenvalue weighted by atomic mass is 10.1. The van der Waals surface area contributed by atoms with Gasteiger partial charge in [-0.05, 0) is 25.5 Å². The smallest absolute Gasteiger partial charge is 0.343 e. The van der Waals surface area contributed by atoms with Crippen LogP contribution in [0.5, 0.6) is 5.88 Å². The molecule has 5 heterocycles. The molecule has 2 aromatic rings. The number of ether oxygens (including phenoxy) is 2. The van der Waals surface area contributed by atoms with Crippen LogP contribution in [-0.2, 0) is 11.3 Å². The first-order chi connectivity index (χ1) is 12.6. The maximum absolute atomic E-state index is 11.8. The Morgan fingerprint density at radius 2 is 2.27 bits per heavy atom. The highest BCUT2D eigenvalue weighted by molar-refractivity contribution is 5.97. The summed E-state index contributed by atoms with van der Waals surface area (Å²) in [5.41, 5.74) is 1.21. The van der Waals surface area contributed by atoms with Gasteiger partial charge >= 0.3 is 5.97 Å². The highest BCUT2D eigenvalue weighted by Gasteiger charge is 2.39. The second-order valence-electron chi connectivity index (χ2n) is 7.18. The molecule has 8 nitrogen and oxygen atoms in total. The standard InChI is InChI=1S/C18H20N4O4/c1-10-4-5-22-17(26-10)15(18(23)24)16(20-22)11-2-3-14(19-7-11)21-8-13-6-12(21)9-25-13/h2-3,7,10,12-13H,4-6,8-9H2,1H3,(H,23,24)/t10-,12+,13+/m1/s1. The minimum Gasteiger partial charge on any atom is -0.477 e. The minimum absolute atomic E-state index is 0.0153. The van der Waals surface area contributed by atoms with E-state index in [2.05, 4.69) is 15.0 Å². The molecule has 0 radical (unpaired) electrons. The molecular weight excluding hydrogens is 336 g/mol. The Labute approximate surface area is 150 Å². The highest BCUT2D eigenvalue weighted by Crippen LogP contribution is 2.35. The molecule has 0 amide bonds. The number of pyridine rings is 1. The fourth-order valence-corrected chi connectivity index (χ4v) is 4.04. The lowest BCUT2D eigenvalue weighted by Gasteiger charge is -2.27. The van der Waals surface area contributed by atoms with Gasteiger partial charge in [-0.3, -0.25) is 0 Å². The second kappa shape index (κ2) is 5.70.